The monoisotopic (exact) mass is 224 g/mol. The van der Waals surface area contributed by atoms with Crippen LogP contribution in [-0.4, -0.2) is 18.8 Å². The highest BCUT2D eigenvalue weighted by molar-refractivity contribution is 5.37. The first kappa shape index (κ1) is 11.4. The van der Waals surface area contributed by atoms with E-state index in [1.807, 2.05) is 0 Å². The van der Waals surface area contributed by atoms with Crippen LogP contribution in [0.2, 0.25) is 0 Å². The molecule has 1 fully saturated rings. The number of ether oxygens (including phenoxy) is 1. The summed E-state index contributed by atoms with van der Waals surface area (Å²) >= 11 is 0. The van der Waals surface area contributed by atoms with Crippen LogP contribution in [0.1, 0.15) is 30.7 Å². The van der Waals surface area contributed by atoms with E-state index in [1.54, 1.807) is 13.2 Å². The summed E-state index contributed by atoms with van der Waals surface area (Å²) in [6.07, 6.45) is 3.03. The van der Waals surface area contributed by atoms with Crippen LogP contribution >= 0.6 is 0 Å². The summed E-state index contributed by atoms with van der Waals surface area (Å²) in [7, 11) is 1.60. The van der Waals surface area contributed by atoms with Crippen LogP contribution in [0.3, 0.4) is 0 Å². The molecule has 0 aliphatic heterocycles. The lowest BCUT2D eigenvalue weighted by Gasteiger charge is -2.18. The van der Waals surface area contributed by atoms with E-state index >= 15 is 0 Å². The molecule has 1 saturated carbocycles. The van der Waals surface area contributed by atoms with E-state index in [9.17, 15) is 4.39 Å². The smallest absolute Gasteiger partial charge is 0.123 e. The van der Waals surface area contributed by atoms with Gasteiger partial charge in [0.05, 0.1) is 7.11 Å². The van der Waals surface area contributed by atoms with Crippen molar-refractivity contribution in [3.63, 3.8) is 0 Å². The van der Waals surface area contributed by atoms with Gasteiger partial charge in [0, 0.05) is 12.2 Å². The minimum Gasteiger partial charge on any atom is -0.496 e. The third kappa shape index (κ3) is 2.35. The lowest BCUT2D eigenvalue weighted by atomic mass is 9.90. The van der Waals surface area contributed by atoms with Crippen LogP contribution in [0, 0.1) is 11.7 Å². The molecule has 0 spiro atoms. The molecule has 0 bridgehead atoms. The summed E-state index contributed by atoms with van der Waals surface area (Å²) in [5.41, 5.74) is 0.902. The zero-order chi connectivity index (χ0) is 11.5. The van der Waals surface area contributed by atoms with Crippen molar-refractivity contribution >= 4 is 0 Å². The number of aliphatic hydroxyl groups is 1. The van der Waals surface area contributed by atoms with Gasteiger partial charge in [0.1, 0.15) is 11.6 Å². The van der Waals surface area contributed by atoms with Crippen molar-refractivity contribution in [3.05, 3.63) is 29.6 Å². The first-order chi connectivity index (χ1) is 7.76. The zero-order valence-electron chi connectivity index (χ0n) is 9.45. The third-order valence-corrected chi connectivity index (χ3v) is 3.22. The third-order valence-electron chi connectivity index (χ3n) is 3.22. The van der Waals surface area contributed by atoms with Gasteiger partial charge < -0.3 is 9.84 Å². The van der Waals surface area contributed by atoms with E-state index in [2.05, 4.69) is 0 Å². The highest BCUT2D eigenvalue weighted by atomic mass is 19.1. The van der Waals surface area contributed by atoms with Crippen LogP contribution in [0.25, 0.3) is 0 Å². The summed E-state index contributed by atoms with van der Waals surface area (Å²) < 4.78 is 18.5. The molecular formula is C13H17FO2. The van der Waals surface area contributed by atoms with Gasteiger partial charge in [0.25, 0.3) is 0 Å². The molecule has 1 N–H and O–H groups in total. The normalized spacial score (nSPS) is 17.2. The number of hydrogen-bond donors (Lipinski definition) is 1. The van der Waals surface area contributed by atoms with Gasteiger partial charge in [-0.25, -0.2) is 4.39 Å². The van der Waals surface area contributed by atoms with Crippen molar-refractivity contribution in [2.75, 3.05) is 13.7 Å². The first-order valence-electron chi connectivity index (χ1n) is 5.70. The van der Waals surface area contributed by atoms with Gasteiger partial charge in [-0.05, 0) is 49.3 Å². The largest absolute Gasteiger partial charge is 0.496 e. The molecule has 88 valence electrons. The molecule has 0 radical (unpaired) electrons. The minimum atomic E-state index is -0.237. The fourth-order valence-corrected chi connectivity index (χ4v) is 2.28. The van der Waals surface area contributed by atoms with Gasteiger partial charge in [-0.15, -0.1) is 0 Å². The van der Waals surface area contributed by atoms with Crippen molar-refractivity contribution in [2.45, 2.75) is 25.2 Å². The molecular weight excluding hydrogens is 207 g/mol. The predicted octanol–water partition coefficient (Wildman–Crippen LogP) is 2.71. The fourth-order valence-electron chi connectivity index (χ4n) is 2.28. The van der Waals surface area contributed by atoms with Crippen molar-refractivity contribution < 1.29 is 14.2 Å². The van der Waals surface area contributed by atoms with E-state index in [4.69, 9.17) is 9.84 Å². The zero-order valence-corrected chi connectivity index (χ0v) is 9.45. The van der Waals surface area contributed by atoms with Gasteiger partial charge in [-0.1, -0.05) is 0 Å². The molecule has 0 amide bonds. The van der Waals surface area contributed by atoms with Crippen molar-refractivity contribution in [3.8, 4) is 5.75 Å². The molecule has 1 aromatic rings. The average Bonchev–Trinajstić information content (AvgIpc) is 3.10. The maximum atomic E-state index is 13.2. The summed E-state index contributed by atoms with van der Waals surface area (Å²) in [5, 5.41) is 9.07. The van der Waals surface area contributed by atoms with Crippen molar-refractivity contribution in [1.82, 2.24) is 0 Å². The second kappa shape index (κ2) is 4.83. The number of benzene rings is 1. The Morgan fingerprint density at radius 3 is 2.81 bits per heavy atom. The Labute approximate surface area is 95.1 Å². The Hall–Kier alpha value is -1.09. The maximum absolute atomic E-state index is 13.2. The molecule has 1 atom stereocenters. The molecule has 1 aliphatic carbocycles. The standard InChI is InChI=1S/C13H17FO2/c1-16-13-5-4-10(14)8-12(13)11(6-7-15)9-2-3-9/h4-5,8-9,11,15H,2-3,6-7H2,1H3. The summed E-state index contributed by atoms with van der Waals surface area (Å²) in [4.78, 5) is 0. The minimum absolute atomic E-state index is 0.140. The van der Waals surface area contributed by atoms with E-state index in [0.29, 0.717) is 12.3 Å². The second-order valence-electron chi connectivity index (χ2n) is 4.34. The van der Waals surface area contributed by atoms with Crippen molar-refractivity contribution in [2.24, 2.45) is 5.92 Å². The number of halogens is 1. The molecule has 1 aliphatic rings. The molecule has 0 heterocycles. The van der Waals surface area contributed by atoms with Crippen molar-refractivity contribution in [1.29, 1.82) is 0 Å². The lowest BCUT2D eigenvalue weighted by molar-refractivity contribution is 0.267. The van der Waals surface area contributed by atoms with E-state index in [0.717, 1.165) is 11.3 Å². The lowest BCUT2D eigenvalue weighted by Crippen LogP contribution is -2.06. The first-order valence-corrected chi connectivity index (χ1v) is 5.70. The molecule has 0 aromatic heterocycles. The predicted molar refractivity (Wildman–Crippen MR) is 60.1 cm³/mol. The molecule has 16 heavy (non-hydrogen) atoms. The number of rotatable bonds is 5. The number of hydrogen-bond acceptors (Lipinski definition) is 2. The Bertz CT molecular complexity index is 361. The van der Waals surface area contributed by atoms with E-state index in [-0.39, 0.29) is 18.3 Å². The fraction of sp³-hybridized carbons (Fsp3) is 0.538. The number of methoxy groups -OCH3 is 1. The Morgan fingerprint density at radius 1 is 1.50 bits per heavy atom. The van der Waals surface area contributed by atoms with Gasteiger partial charge in [0.15, 0.2) is 0 Å². The molecule has 1 aromatic carbocycles. The van der Waals surface area contributed by atoms with Crippen LogP contribution in [0.5, 0.6) is 5.75 Å². The van der Waals surface area contributed by atoms with Crippen LogP contribution in [0.15, 0.2) is 18.2 Å². The summed E-state index contributed by atoms with van der Waals surface area (Å²) in [6, 6.07) is 4.61. The molecule has 1 unspecified atom stereocenters. The molecule has 0 saturated heterocycles. The molecule has 3 heteroatoms. The van der Waals surface area contributed by atoms with E-state index in [1.165, 1.54) is 25.0 Å². The molecule has 2 rings (SSSR count). The Balaban J connectivity index is 2.30. The topological polar surface area (TPSA) is 29.5 Å². The van der Waals surface area contributed by atoms with Gasteiger partial charge >= 0.3 is 0 Å². The number of aliphatic hydroxyl groups excluding tert-OH is 1. The van der Waals surface area contributed by atoms with Gasteiger partial charge in [0.2, 0.25) is 0 Å². The van der Waals surface area contributed by atoms with Crippen LogP contribution in [-0.2, 0) is 0 Å². The second-order valence-corrected chi connectivity index (χ2v) is 4.34. The van der Waals surface area contributed by atoms with Crippen LogP contribution in [0.4, 0.5) is 4.39 Å². The summed E-state index contributed by atoms with van der Waals surface area (Å²) in [6.45, 7) is 0.140. The van der Waals surface area contributed by atoms with Crippen LogP contribution < -0.4 is 4.74 Å². The highest BCUT2D eigenvalue weighted by Gasteiger charge is 2.33. The SMILES string of the molecule is COc1ccc(F)cc1C(CCO)C1CC1. The van der Waals surface area contributed by atoms with E-state index < -0.39 is 0 Å². The Kier molecular flexibility index (Phi) is 3.44. The summed E-state index contributed by atoms with van der Waals surface area (Å²) in [5.74, 6) is 1.31. The highest BCUT2D eigenvalue weighted by Crippen LogP contribution is 2.46. The average molecular weight is 224 g/mol. The maximum Gasteiger partial charge on any atom is 0.123 e. The van der Waals surface area contributed by atoms with Gasteiger partial charge in [-0.2, -0.15) is 0 Å². The Morgan fingerprint density at radius 2 is 2.25 bits per heavy atom. The quantitative estimate of drug-likeness (QED) is 0.833. The van der Waals surface area contributed by atoms with Gasteiger partial charge in [-0.3, -0.25) is 0 Å². The molecule has 2 nitrogen and oxygen atoms in total.